The summed E-state index contributed by atoms with van der Waals surface area (Å²) in [6.45, 7) is 3.11. The van der Waals surface area contributed by atoms with Crippen LogP contribution in [0.4, 0.5) is 23.7 Å². The Morgan fingerprint density at radius 2 is 1.94 bits per heavy atom. The number of anilines is 1. The Bertz CT molecular complexity index is 1040. The molecule has 1 atom stereocenters. The molecule has 31 heavy (non-hydrogen) atoms. The topological polar surface area (TPSA) is 87.1 Å². The number of carbonyl (C=O) groups is 2. The lowest BCUT2D eigenvalue weighted by Gasteiger charge is -2.21. The van der Waals surface area contributed by atoms with Gasteiger partial charge < -0.3 is 15.0 Å². The molecular formula is C20H18F3N5O3. The average Bonchev–Trinajstić information content (AvgIpc) is 3.32. The van der Waals surface area contributed by atoms with Crippen LogP contribution in [0.3, 0.4) is 0 Å². The maximum absolute atomic E-state index is 13.0. The van der Waals surface area contributed by atoms with Crippen molar-refractivity contribution in [3.05, 3.63) is 53.9 Å². The third-order valence-electron chi connectivity index (χ3n) is 4.99. The molecule has 3 amide bonds. The fraction of sp³-hybridized carbons (Fsp3) is 0.300. The summed E-state index contributed by atoms with van der Waals surface area (Å²) < 4.78 is 40.9. The van der Waals surface area contributed by atoms with Gasteiger partial charge in [-0.3, -0.25) is 14.8 Å². The molecule has 1 saturated heterocycles. The summed E-state index contributed by atoms with van der Waals surface area (Å²) in [6.07, 6.45) is -1.58. The number of halogens is 3. The lowest BCUT2D eigenvalue weighted by molar-refractivity contribution is -0.274. The highest BCUT2D eigenvalue weighted by atomic mass is 19.4. The number of pyridine rings is 1. The van der Waals surface area contributed by atoms with E-state index in [2.05, 4.69) is 20.0 Å². The maximum atomic E-state index is 13.0. The van der Waals surface area contributed by atoms with Crippen LogP contribution in [-0.4, -0.2) is 53.2 Å². The minimum atomic E-state index is -4.83. The van der Waals surface area contributed by atoms with Gasteiger partial charge in [0.2, 0.25) is 0 Å². The molecule has 162 valence electrons. The van der Waals surface area contributed by atoms with Gasteiger partial charge in [-0.2, -0.15) is 0 Å². The van der Waals surface area contributed by atoms with Gasteiger partial charge in [0.1, 0.15) is 17.6 Å². The summed E-state index contributed by atoms with van der Waals surface area (Å²) in [4.78, 5) is 36.7. The van der Waals surface area contributed by atoms with Crippen molar-refractivity contribution in [2.24, 2.45) is 4.99 Å². The maximum Gasteiger partial charge on any atom is 0.573 e. The summed E-state index contributed by atoms with van der Waals surface area (Å²) in [5, 5.41) is 3.16. The molecule has 0 radical (unpaired) electrons. The van der Waals surface area contributed by atoms with E-state index in [0.29, 0.717) is 18.9 Å². The predicted molar refractivity (Wildman–Crippen MR) is 105 cm³/mol. The number of amides is 3. The van der Waals surface area contributed by atoms with E-state index in [-0.39, 0.29) is 12.2 Å². The molecule has 1 aromatic carbocycles. The van der Waals surface area contributed by atoms with Crippen LogP contribution in [-0.2, 0) is 11.3 Å². The standard InChI is InChI=1S/C20H18F3N5O3/c1-12-18(29)28(14-2-4-15(5-3-14)31-20(21,22)23)19(30)27(12)11-13-6-7-24-10-16(13)17-25-8-9-26-17/h2-7,10,12H,8-9,11H2,1H3,(H,25,26). The van der Waals surface area contributed by atoms with Crippen molar-refractivity contribution in [2.45, 2.75) is 25.9 Å². The zero-order chi connectivity index (χ0) is 22.2. The van der Waals surface area contributed by atoms with Crippen molar-refractivity contribution >= 4 is 23.5 Å². The smallest absolute Gasteiger partial charge is 0.406 e. The average molecular weight is 433 g/mol. The number of alkyl halides is 3. The highest BCUT2D eigenvalue weighted by molar-refractivity contribution is 6.21. The van der Waals surface area contributed by atoms with E-state index in [9.17, 15) is 22.8 Å². The fourth-order valence-corrected chi connectivity index (χ4v) is 3.48. The molecule has 1 aromatic heterocycles. The predicted octanol–water partition coefficient (Wildman–Crippen LogP) is 2.69. The van der Waals surface area contributed by atoms with Crippen molar-refractivity contribution in [1.29, 1.82) is 0 Å². The van der Waals surface area contributed by atoms with Gasteiger partial charge in [-0.25, -0.2) is 9.69 Å². The van der Waals surface area contributed by atoms with Crippen LogP contribution in [0, 0.1) is 0 Å². The Morgan fingerprint density at radius 1 is 1.19 bits per heavy atom. The summed E-state index contributed by atoms with van der Waals surface area (Å²) >= 11 is 0. The van der Waals surface area contributed by atoms with Crippen LogP contribution >= 0.6 is 0 Å². The summed E-state index contributed by atoms with van der Waals surface area (Å²) in [5.74, 6) is -0.223. The molecule has 8 nitrogen and oxygen atoms in total. The number of nitrogens with zero attached hydrogens (tertiary/aromatic N) is 4. The minimum absolute atomic E-state index is 0.149. The second-order valence-corrected chi connectivity index (χ2v) is 6.99. The highest BCUT2D eigenvalue weighted by Crippen LogP contribution is 2.30. The molecule has 2 aromatic rings. The van der Waals surface area contributed by atoms with Crippen LogP contribution in [0.25, 0.3) is 0 Å². The molecule has 1 fully saturated rings. The zero-order valence-electron chi connectivity index (χ0n) is 16.4. The number of ether oxygens (including phenoxy) is 1. The van der Waals surface area contributed by atoms with E-state index in [0.717, 1.165) is 28.2 Å². The number of nitrogens with one attached hydrogen (secondary N) is 1. The third kappa shape index (κ3) is 4.16. The first-order chi connectivity index (χ1) is 14.7. The van der Waals surface area contributed by atoms with Crippen LogP contribution < -0.4 is 15.0 Å². The van der Waals surface area contributed by atoms with E-state index in [4.69, 9.17) is 0 Å². The number of hydrogen-bond acceptors (Lipinski definition) is 6. The molecule has 1 unspecified atom stereocenters. The number of urea groups is 1. The third-order valence-corrected chi connectivity index (χ3v) is 4.99. The molecule has 0 aliphatic carbocycles. The molecule has 0 spiro atoms. The van der Waals surface area contributed by atoms with Crippen molar-refractivity contribution < 1.29 is 27.5 Å². The molecule has 1 N–H and O–H groups in total. The second-order valence-electron chi connectivity index (χ2n) is 6.99. The second kappa shape index (κ2) is 7.89. The summed E-state index contributed by atoms with van der Waals surface area (Å²) in [6, 6.07) is 5.03. The van der Waals surface area contributed by atoms with Gasteiger partial charge in [0.15, 0.2) is 0 Å². The lowest BCUT2D eigenvalue weighted by atomic mass is 10.1. The summed E-state index contributed by atoms with van der Waals surface area (Å²) in [7, 11) is 0. The number of rotatable bonds is 5. The quantitative estimate of drug-likeness (QED) is 0.733. The van der Waals surface area contributed by atoms with E-state index in [1.807, 2.05) is 0 Å². The molecular weight excluding hydrogens is 415 g/mol. The van der Waals surface area contributed by atoms with Crippen LogP contribution in [0.5, 0.6) is 5.75 Å². The molecule has 4 rings (SSSR count). The largest absolute Gasteiger partial charge is 0.573 e. The van der Waals surface area contributed by atoms with Crippen molar-refractivity contribution in [3.63, 3.8) is 0 Å². The van der Waals surface area contributed by atoms with Crippen LogP contribution in [0.15, 0.2) is 47.7 Å². The van der Waals surface area contributed by atoms with Crippen LogP contribution in [0.2, 0.25) is 0 Å². The molecule has 2 aliphatic heterocycles. The zero-order valence-corrected chi connectivity index (χ0v) is 16.4. The minimum Gasteiger partial charge on any atom is -0.406 e. The number of carbonyl (C=O) groups excluding carboxylic acids is 2. The Balaban J connectivity index is 1.56. The van der Waals surface area contributed by atoms with E-state index >= 15 is 0 Å². The van der Waals surface area contributed by atoms with Gasteiger partial charge in [-0.1, -0.05) is 0 Å². The molecule has 0 bridgehead atoms. The molecule has 11 heteroatoms. The SMILES string of the molecule is CC1C(=O)N(c2ccc(OC(F)(F)F)cc2)C(=O)N1Cc1ccncc1C1=NCCN1. The van der Waals surface area contributed by atoms with E-state index < -0.39 is 30.1 Å². The monoisotopic (exact) mass is 433 g/mol. The first kappa shape index (κ1) is 20.6. The Kier molecular flexibility index (Phi) is 5.25. The van der Waals surface area contributed by atoms with Gasteiger partial charge in [-0.05, 0) is 42.8 Å². The number of imide groups is 1. The van der Waals surface area contributed by atoms with Crippen molar-refractivity contribution in [3.8, 4) is 5.75 Å². The summed E-state index contributed by atoms with van der Waals surface area (Å²) in [5.41, 5.74) is 1.68. The number of amidine groups is 1. The molecule has 2 aliphatic rings. The van der Waals surface area contributed by atoms with Crippen molar-refractivity contribution in [2.75, 3.05) is 18.0 Å². The van der Waals surface area contributed by atoms with E-state index in [1.54, 1.807) is 25.4 Å². The number of aromatic nitrogens is 1. The van der Waals surface area contributed by atoms with Crippen LogP contribution in [0.1, 0.15) is 18.1 Å². The van der Waals surface area contributed by atoms with E-state index in [1.165, 1.54) is 17.0 Å². The van der Waals surface area contributed by atoms with Gasteiger partial charge in [0.25, 0.3) is 5.91 Å². The van der Waals surface area contributed by atoms with Gasteiger partial charge >= 0.3 is 12.4 Å². The number of aliphatic imine (C=N–C) groups is 1. The fourth-order valence-electron chi connectivity index (χ4n) is 3.48. The lowest BCUT2D eigenvalue weighted by Crippen LogP contribution is -2.34. The number of hydrogen-bond donors (Lipinski definition) is 1. The Hall–Kier alpha value is -3.63. The first-order valence-corrected chi connectivity index (χ1v) is 9.46. The Labute approximate surface area is 175 Å². The number of benzene rings is 1. The van der Waals surface area contributed by atoms with Gasteiger partial charge in [0.05, 0.1) is 12.2 Å². The van der Waals surface area contributed by atoms with Crippen molar-refractivity contribution in [1.82, 2.24) is 15.2 Å². The molecule has 0 saturated carbocycles. The Morgan fingerprint density at radius 3 is 2.58 bits per heavy atom. The first-order valence-electron chi connectivity index (χ1n) is 9.46. The molecule has 3 heterocycles. The highest BCUT2D eigenvalue weighted by Gasteiger charge is 2.43. The van der Waals surface area contributed by atoms with Gasteiger partial charge in [-0.15, -0.1) is 13.2 Å². The normalized spacial score (nSPS) is 19.0. The van der Waals surface area contributed by atoms with Gasteiger partial charge in [0, 0.05) is 31.0 Å².